The van der Waals surface area contributed by atoms with Gasteiger partial charge in [-0.05, 0) is 24.3 Å². The standard InChI is InChI=1S/C16H17N7OS/c1-22(25(2)24)9-13-20-14-11-5-4-10(23-7-3-6-18-23)8-12(11)19-16(17)15(14)21-13/h3-8H,9H2,1-2H3,(H2,17,19)(H,20,21). The molecule has 0 saturated heterocycles. The Kier molecular flexibility index (Phi) is 3.83. The van der Waals surface area contributed by atoms with Gasteiger partial charge < -0.3 is 15.3 Å². The summed E-state index contributed by atoms with van der Waals surface area (Å²) < 4.78 is 15.0. The van der Waals surface area contributed by atoms with Gasteiger partial charge in [-0.15, -0.1) is 4.31 Å². The summed E-state index contributed by atoms with van der Waals surface area (Å²) in [6.07, 6.45) is 5.23. The highest BCUT2D eigenvalue weighted by atomic mass is 32.2. The molecule has 1 aromatic carbocycles. The Bertz CT molecular complexity index is 1040. The topological polar surface area (TPSA) is 112 Å². The minimum Gasteiger partial charge on any atom is -0.598 e. The molecule has 0 aliphatic heterocycles. The number of H-pyrrole nitrogens is 1. The molecular formula is C16H17N7OS. The van der Waals surface area contributed by atoms with E-state index in [0.717, 1.165) is 22.1 Å². The zero-order valence-corrected chi connectivity index (χ0v) is 14.6. The fourth-order valence-electron chi connectivity index (χ4n) is 2.75. The lowest BCUT2D eigenvalue weighted by Gasteiger charge is -2.14. The molecule has 0 aliphatic carbocycles. The largest absolute Gasteiger partial charge is 0.598 e. The van der Waals surface area contributed by atoms with Crippen molar-refractivity contribution in [3.8, 4) is 5.69 Å². The summed E-state index contributed by atoms with van der Waals surface area (Å²) in [6, 6.07) is 7.75. The monoisotopic (exact) mass is 355 g/mol. The van der Waals surface area contributed by atoms with E-state index in [1.807, 2.05) is 30.5 Å². The third-order valence-electron chi connectivity index (χ3n) is 4.07. The number of nitrogen functional groups attached to an aromatic ring is 1. The van der Waals surface area contributed by atoms with Gasteiger partial charge in [-0.2, -0.15) is 5.10 Å². The van der Waals surface area contributed by atoms with E-state index in [1.165, 1.54) is 0 Å². The Morgan fingerprint density at radius 1 is 1.36 bits per heavy atom. The maximum atomic E-state index is 11.5. The van der Waals surface area contributed by atoms with Crippen LogP contribution in [-0.4, -0.2) is 46.9 Å². The number of pyridine rings is 1. The van der Waals surface area contributed by atoms with Crippen LogP contribution in [0.5, 0.6) is 0 Å². The van der Waals surface area contributed by atoms with Crippen LogP contribution in [0.4, 0.5) is 5.82 Å². The first kappa shape index (κ1) is 15.9. The highest BCUT2D eigenvalue weighted by molar-refractivity contribution is 7.88. The molecule has 3 aromatic heterocycles. The van der Waals surface area contributed by atoms with Crippen molar-refractivity contribution in [2.75, 3.05) is 19.0 Å². The van der Waals surface area contributed by atoms with Crippen LogP contribution in [0.2, 0.25) is 0 Å². The first-order chi connectivity index (χ1) is 12.0. The smallest absolute Gasteiger partial charge is 0.152 e. The summed E-state index contributed by atoms with van der Waals surface area (Å²) in [5.41, 5.74) is 9.24. The summed E-state index contributed by atoms with van der Waals surface area (Å²) >= 11 is -1.07. The lowest BCUT2D eigenvalue weighted by Crippen LogP contribution is -2.25. The molecule has 25 heavy (non-hydrogen) atoms. The molecule has 0 radical (unpaired) electrons. The number of fused-ring (bicyclic) bond motifs is 3. The molecule has 1 atom stereocenters. The molecule has 0 saturated carbocycles. The maximum absolute atomic E-state index is 11.5. The van der Waals surface area contributed by atoms with E-state index in [9.17, 15) is 4.55 Å². The fourth-order valence-corrected chi connectivity index (χ4v) is 3.05. The number of rotatable bonds is 4. The van der Waals surface area contributed by atoms with Gasteiger partial charge in [-0.25, -0.2) is 14.6 Å². The van der Waals surface area contributed by atoms with Crippen molar-refractivity contribution >= 4 is 39.1 Å². The second-order valence-corrected chi connectivity index (χ2v) is 7.24. The summed E-state index contributed by atoms with van der Waals surface area (Å²) in [7, 11) is 1.78. The van der Waals surface area contributed by atoms with Gasteiger partial charge in [-0.3, -0.25) is 0 Å². The molecule has 0 spiro atoms. The number of nitrogens with zero attached hydrogens (tertiary/aromatic N) is 5. The number of benzene rings is 1. The number of hydrogen-bond donors (Lipinski definition) is 2. The third-order valence-corrected chi connectivity index (χ3v) is 5.07. The van der Waals surface area contributed by atoms with Gasteiger partial charge in [-0.1, -0.05) is 0 Å². The van der Waals surface area contributed by atoms with E-state index in [-0.39, 0.29) is 0 Å². The minimum atomic E-state index is -1.07. The van der Waals surface area contributed by atoms with Crippen molar-refractivity contribution in [2.24, 2.45) is 0 Å². The number of aromatic amines is 1. The molecule has 3 heterocycles. The van der Waals surface area contributed by atoms with Gasteiger partial charge in [0, 0.05) is 36.2 Å². The predicted molar refractivity (Wildman–Crippen MR) is 98.5 cm³/mol. The highest BCUT2D eigenvalue weighted by Gasteiger charge is 2.16. The van der Waals surface area contributed by atoms with Crippen LogP contribution >= 0.6 is 0 Å². The Hall–Kier alpha value is -2.62. The van der Waals surface area contributed by atoms with E-state index in [2.05, 4.69) is 20.1 Å². The second kappa shape index (κ2) is 6.03. The quantitative estimate of drug-likeness (QED) is 0.538. The number of imidazole rings is 1. The van der Waals surface area contributed by atoms with Gasteiger partial charge >= 0.3 is 0 Å². The lowest BCUT2D eigenvalue weighted by atomic mass is 10.1. The summed E-state index contributed by atoms with van der Waals surface area (Å²) in [4.78, 5) is 12.3. The Balaban J connectivity index is 1.84. The molecule has 0 aliphatic rings. The van der Waals surface area contributed by atoms with Gasteiger partial charge in [0.25, 0.3) is 0 Å². The van der Waals surface area contributed by atoms with Gasteiger partial charge in [0.1, 0.15) is 24.1 Å². The number of nitrogens with one attached hydrogen (secondary N) is 1. The minimum absolute atomic E-state index is 0.364. The van der Waals surface area contributed by atoms with Crippen molar-refractivity contribution < 1.29 is 4.55 Å². The van der Waals surface area contributed by atoms with E-state index in [4.69, 9.17) is 5.73 Å². The molecule has 0 bridgehead atoms. The average molecular weight is 355 g/mol. The SMILES string of the molecule is CN(Cc1nc2c(N)nc3cc(-n4cccn4)ccc3c2[nH]1)[S+](C)[O-]. The van der Waals surface area contributed by atoms with Gasteiger partial charge in [0.15, 0.2) is 5.82 Å². The molecule has 128 valence electrons. The summed E-state index contributed by atoms with van der Waals surface area (Å²) in [6.45, 7) is 0.435. The predicted octanol–water partition coefficient (Wildman–Crippen LogP) is 1.60. The number of hydrogen-bond acceptors (Lipinski definition) is 6. The molecular weight excluding hydrogens is 338 g/mol. The summed E-state index contributed by atoms with van der Waals surface area (Å²) in [5, 5.41) is 5.16. The van der Waals surface area contributed by atoms with Crippen molar-refractivity contribution in [1.29, 1.82) is 0 Å². The van der Waals surface area contributed by atoms with E-state index < -0.39 is 11.4 Å². The molecule has 4 aromatic rings. The van der Waals surface area contributed by atoms with Crippen molar-refractivity contribution in [3.05, 3.63) is 42.5 Å². The fraction of sp³-hybridized carbons (Fsp3) is 0.188. The van der Waals surface area contributed by atoms with E-state index in [0.29, 0.717) is 23.7 Å². The third kappa shape index (κ3) is 2.82. The normalized spacial score (nSPS) is 13.1. The molecule has 1 unspecified atom stereocenters. The van der Waals surface area contributed by atoms with E-state index in [1.54, 1.807) is 28.5 Å². The highest BCUT2D eigenvalue weighted by Crippen LogP contribution is 2.28. The number of anilines is 1. The van der Waals surface area contributed by atoms with Crippen LogP contribution in [0.25, 0.3) is 27.6 Å². The first-order valence-corrected chi connectivity index (χ1v) is 9.17. The molecule has 8 nitrogen and oxygen atoms in total. The Labute approximate surface area is 147 Å². The van der Waals surface area contributed by atoms with Crippen molar-refractivity contribution in [2.45, 2.75) is 6.54 Å². The lowest BCUT2D eigenvalue weighted by molar-refractivity contribution is 0.463. The number of nitrogens with two attached hydrogens (primary N) is 1. The number of aromatic nitrogens is 5. The zero-order chi connectivity index (χ0) is 17.6. The Morgan fingerprint density at radius 3 is 2.92 bits per heavy atom. The van der Waals surface area contributed by atoms with Crippen molar-refractivity contribution in [1.82, 2.24) is 29.0 Å². The van der Waals surface area contributed by atoms with Gasteiger partial charge in [0.05, 0.1) is 16.7 Å². The van der Waals surface area contributed by atoms with Crippen LogP contribution in [0.15, 0.2) is 36.7 Å². The van der Waals surface area contributed by atoms with Crippen LogP contribution in [-0.2, 0) is 17.9 Å². The van der Waals surface area contributed by atoms with Crippen LogP contribution in [0.1, 0.15) is 5.82 Å². The molecule has 4 rings (SSSR count). The molecule has 0 fully saturated rings. The average Bonchev–Trinajstić information content (AvgIpc) is 3.24. The zero-order valence-electron chi connectivity index (χ0n) is 13.8. The van der Waals surface area contributed by atoms with Crippen LogP contribution in [0.3, 0.4) is 0 Å². The maximum Gasteiger partial charge on any atom is 0.152 e. The van der Waals surface area contributed by atoms with Gasteiger partial charge in [0.2, 0.25) is 0 Å². The van der Waals surface area contributed by atoms with Crippen molar-refractivity contribution in [3.63, 3.8) is 0 Å². The summed E-state index contributed by atoms with van der Waals surface area (Å²) in [5.74, 6) is 1.06. The second-order valence-electron chi connectivity index (χ2n) is 5.77. The molecule has 0 amide bonds. The molecule has 9 heteroatoms. The van der Waals surface area contributed by atoms with Crippen LogP contribution in [0, 0.1) is 0 Å². The van der Waals surface area contributed by atoms with Crippen LogP contribution < -0.4 is 5.73 Å². The van der Waals surface area contributed by atoms with E-state index >= 15 is 0 Å². The Morgan fingerprint density at radius 2 is 2.20 bits per heavy atom. The first-order valence-electron chi connectivity index (χ1n) is 7.65. The molecule has 3 N–H and O–H groups in total.